The minimum absolute atomic E-state index is 0.135. The lowest BCUT2D eigenvalue weighted by Gasteiger charge is -2.22. The van der Waals surface area contributed by atoms with Crippen LogP contribution in [0.25, 0.3) is 16.9 Å². The van der Waals surface area contributed by atoms with Gasteiger partial charge in [0.15, 0.2) is 0 Å². The molecule has 37 heavy (non-hydrogen) atoms. The third-order valence-corrected chi connectivity index (χ3v) is 6.55. The topological polar surface area (TPSA) is 67.2 Å². The van der Waals surface area contributed by atoms with Crippen LogP contribution in [0.1, 0.15) is 28.8 Å². The van der Waals surface area contributed by atoms with E-state index in [1.165, 1.54) is 29.2 Å². The fourth-order valence-corrected chi connectivity index (χ4v) is 4.20. The number of hydrogen-bond acceptors (Lipinski definition) is 3. The van der Waals surface area contributed by atoms with Crippen LogP contribution in [0.5, 0.6) is 0 Å². The lowest BCUT2D eigenvalue weighted by Crippen LogP contribution is -2.39. The van der Waals surface area contributed by atoms with Gasteiger partial charge in [0, 0.05) is 34.6 Å². The van der Waals surface area contributed by atoms with Gasteiger partial charge in [-0.1, -0.05) is 41.4 Å². The highest BCUT2D eigenvalue weighted by Gasteiger charge is 2.29. The van der Waals surface area contributed by atoms with E-state index in [2.05, 4.69) is 10.3 Å². The highest BCUT2D eigenvalue weighted by atomic mass is 35.5. The number of imidazole rings is 1. The van der Waals surface area contributed by atoms with Gasteiger partial charge in [-0.05, 0) is 74.2 Å². The summed E-state index contributed by atoms with van der Waals surface area (Å²) in [7, 11) is 0. The van der Waals surface area contributed by atoms with Crippen molar-refractivity contribution in [3.05, 3.63) is 101 Å². The molecule has 0 radical (unpaired) electrons. The second-order valence-corrected chi connectivity index (χ2v) is 9.78. The molecule has 4 aromatic rings. The minimum atomic E-state index is -0.414. The summed E-state index contributed by atoms with van der Waals surface area (Å²) >= 11 is 6.05. The van der Waals surface area contributed by atoms with Crippen molar-refractivity contribution in [1.82, 2.24) is 14.5 Å². The molecule has 5 rings (SSSR count). The molecule has 1 aliphatic rings. The molecular weight excluding hydrogens is 491 g/mol. The van der Waals surface area contributed by atoms with E-state index < -0.39 is 5.82 Å². The third kappa shape index (κ3) is 6.06. The summed E-state index contributed by atoms with van der Waals surface area (Å²) in [5.41, 5.74) is 3.83. The zero-order chi connectivity index (χ0) is 25.9. The number of benzene rings is 3. The van der Waals surface area contributed by atoms with Gasteiger partial charge in [-0.3, -0.25) is 19.5 Å². The Kier molecular flexibility index (Phi) is 7.06. The van der Waals surface area contributed by atoms with Crippen molar-refractivity contribution in [2.75, 3.05) is 18.4 Å². The Bertz CT molecular complexity index is 1410. The highest BCUT2D eigenvalue weighted by molar-refractivity contribution is 6.30. The second kappa shape index (κ2) is 10.6. The fraction of sp³-hybridized carbons (Fsp3) is 0.207. The summed E-state index contributed by atoms with van der Waals surface area (Å²) in [6.45, 7) is 2.35. The van der Waals surface area contributed by atoms with Crippen LogP contribution in [0.15, 0.2) is 79.0 Å². The SMILES string of the molecule is Cc1ccc(-n2cc(-c3ccc(Cl)cc3)nc2NC(=O)CN(CC2CC2)C(=O)c2ccc(F)cc2)cc1. The zero-order valence-corrected chi connectivity index (χ0v) is 21.1. The summed E-state index contributed by atoms with van der Waals surface area (Å²) in [6, 6.07) is 20.6. The monoisotopic (exact) mass is 516 g/mol. The molecule has 2 amide bonds. The molecule has 1 aromatic heterocycles. The number of anilines is 1. The standard InChI is InChI=1S/C29H26ClFN4O2/c1-19-2-14-25(15-3-19)35-17-26(21-6-10-23(30)11-7-21)32-29(35)33-27(36)18-34(16-20-4-5-20)28(37)22-8-12-24(31)13-9-22/h2-3,6-15,17,20H,4-5,16,18H2,1H3,(H,32,33,36). The molecule has 0 bridgehead atoms. The van der Waals surface area contributed by atoms with E-state index in [0.717, 1.165) is 29.7 Å². The van der Waals surface area contributed by atoms with E-state index in [1.807, 2.05) is 54.1 Å². The van der Waals surface area contributed by atoms with E-state index in [0.29, 0.717) is 34.7 Å². The number of aryl methyl sites for hydroxylation is 1. The van der Waals surface area contributed by atoms with Crippen LogP contribution in [0, 0.1) is 18.7 Å². The number of aromatic nitrogens is 2. The van der Waals surface area contributed by atoms with Crippen LogP contribution in [-0.2, 0) is 4.79 Å². The number of rotatable bonds is 8. The molecule has 0 spiro atoms. The molecule has 0 atom stereocenters. The summed E-state index contributed by atoms with van der Waals surface area (Å²) in [5.74, 6) is -0.353. The summed E-state index contributed by atoms with van der Waals surface area (Å²) < 4.78 is 15.2. The van der Waals surface area contributed by atoms with E-state index in [1.54, 1.807) is 12.1 Å². The maximum atomic E-state index is 13.4. The molecule has 3 aromatic carbocycles. The van der Waals surface area contributed by atoms with Crippen molar-refractivity contribution in [2.45, 2.75) is 19.8 Å². The average molecular weight is 517 g/mol. The molecule has 1 fully saturated rings. The zero-order valence-electron chi connectivity index (χ0n) is 20.3. The van der Waals surface area contributed by atoms with Crippen LogP contribution >= 0.6 is 11.6 Å². The molecule has 1 heterocycles. The Morgan fingerprint density at radius 2 is 1.70 bits per heavy atom. The molecule has 1 N–H and O–H groups in total. The number of nitrogens with zero attached hydrogens (tertiary/aromatic N) is 3. The Labute approximate surface area is 219 Å². The highest BCUT2D eigenvalue weighted by Crippen LogP contribution is 2.30. The van der Waals surface area contributed by atoms with Crippen LogP contribution < -0.4 is 5.32 Å². The normalized spacial score (nSPS) is 12.8. The maximum absolute atomic E-state index is 13.4. The molecule has 8 heteroatoms. The lowest BCUT2D eigenvalue weighted by molar-refractivity contribution is -0.117. The summed E-state index contributed by atoms with van der Waals surface area (Å²) in [6.07, 6.45) is 3.91. The predicted octanol–water partition coefficient (Wildman–Crippen LogP) is 6.13. The first-order valence-corrected chi connectivity index (χ1v) is 12.5. The van der Waals surface area contributed by atoms with Gasteiger partial charge in [0.05, 0.1) is 5.69 Å². The molecule has 188 valence electrons. The molecule has 0 saturated heterocycles. The number of carbonyl (C=O) groups excluding carboxylic acids is 2. The molecule has 0 aliphatic heterocycles. The predicted molar refractivity (Wildman–Crippen MR) is 142 cm³/mol. The first-order chi connectivity index (χ1) is 17.9. The number of nitrogens with one attached hydrogen (secondary N) is 1. The molecule has 1 aliphatic carbocycles. The number of halogens is 2. The van der Waals surface area contributed by atoms with Crippen LogP contribution in [-0.4, -0.2) is 39.4 Å². The van der Waals surface area contributed by atoms with Crippen molar-refractivity contribution in [1.29, 1.82) is 0 Å². The Morgan fingerprint density at radius 1 is 1.03 bits per heavy atom. The Hall–Kier alpha value is -3.97. The van der Waals surface area contributed by atoms with Crippen LogP contribution in [0.3, 0.4) is 0 Å². The van der Waals surface area contributed by atoms with Gasteiger partial charge < -0.3 is 4.90 Å². The van der Waals surface area contributed by atoms with Gasteiger partial charge in [-0.2, -0.15) is 0 Å². The lowest BCUT2D eigenvalue weighted by atomic mass is 10.2. The quantitative estimate of drug-likeness (QED) is 0.306. The number of hydrogen-bond donors (Lipinski definition) is 1. The summed E-state index contributed by atoms with van der Waals surface area (Å²) in [4.78, 5) is 32.6. The van der Waals surface area contributed by atoms with Crippen molar-refractivity contribution >= 4 is 29.4 Å². The van der Waals surface area contributed by atoms with E-state index in [9.17, 15) is 14.0 Å². The third-order valence-electron chi connectivity index (χ3n) is 6.30. The smallest absolute Gasteiger partial charge is 0.254 e. The largest absolute Gasteiger partial charge is 0.329 e. The number of carbonyl (C=O) groups is 2. The van der Waals surface area contributed by atoms with Gasteiger partial charge in [0.1, 0.15) is 12.4 Å². The Morgan fingerprint density at radius 3 is 2.35 bits per heavy atom. The van der Waals surface area contributed by atoms with E-state index in [-0.39, 0.29) is 18.4 Å². The van der Waals surface area contributed by atoms with Crippen LogP contribution in [0.2, 0.25) is 5.02 Å². The Balaban J connectivity index is 1.40. The average Bonchev–Trinajstić information content (AvgIpc) is 3.62. The van der Waals surface area contributed by atoms with Crippen molar-refractivity contribution < 1.29 is 14.0 Å². The van der Waals surface area contributed by atoms with Crippen LogP contribution in [0.4, 0.5) is 10.3 Å². The molecule has 0 unspecified atom stereocenters. The second-order valence-electron chi connectivity index (χ2n) is 9.35. The minimum Gasteiger partial charge on any atom is -0.329 e. The van der Waals surface area contributed by atoms with Gasteiger partial charge in [-0.15, -0.1) is 0 Å². The first-order valence-electron chi connectivity index (χ1n) is 12.1. The molecule has 6 nitrogen and oxygen atoms in total. The first kappa shape index (κ1) is 24.7. The number of amides is 2. The maximum Gasteiger partial charge on any atom is 0.254 e. The van der Waals surface area contributed by atoms with Crippen molar-refractivity contribution in [3.63, 3.8) is 0 Å². The van der Waals surface area contributed by atoms with Crippen molar-refractivity contribution in [2.24, 2.45) is 5.92 Å². The van der Waals surface area contributed by atoms with E-state index >= 15 is 0 Å². The summed E-state index contributed by atoms with van der Waals surface area (Å²) in [5, 5.41) is 3.52. The van der Waals surface area contributed by atoms with E-state index in [4.69, 9.17) is 11.6 Å². The van der Waals surface area contributed by atoms with Gasteiger partial charge in [0.25, 0.3) is 5.91 Å². The van der Waals surface area contributed by atoms with Gasteiger partial charge >= 0.3 is 0 Å². The van der Waals surface area contributed by atoms with Gasteiger partial charge in [-0.25, -0.2) is 9.37 Å². The van der Waals surface area contributed by atoms with Gasteiger partial charge in [0.2, 0.25) is 11.9 Å². The fourth-order valence-electron chi connectivity index (χ4n) is 4.07. The molecule has 1 saturated carbocycles. The molecular formula is C29H26ClFN4O2. The van der Waals surface area contributed by atoms with Crippen molar-refractivity contribution in [3.8, 4) is 16.9 Å².